The molecule has 0 unspecified atom stereocenters. The van der Waals surface area contributed by atoms with Crippen LogP contribution in [-0.4, -0.2) is 10.1 Å². The maximum atomic E-state index is 9.11. The molecule has 0 atom stereocenters. The number of hydrogen-bond donors (Lipinski definition) is 1. The fourth-order valence-electron chi connectivity index (χ4n) is 1.62. The first-order valence-corrected chi connectivity index (χ1v) is 5.39. The van der Waals surface area contributed by atoms with Gasteiger partial charge in [0, 0.05) is 23.0 Å². The highest BCUT2D eigenvalue weighted by Crippen LogP contribution is 2.24. The third-order valence-electron chi connectivity index (χ3n) is 2.35. The van der Waals surface area contributed by atoms with Crippen LogP contribution in [0.4, 0.5) is 0 Å². The van der Waals surface area contributed by atoms with Gasteiger partial charge in [-0.15, -0.1) is 0 Å². The molecule has 0 fully saturated rings. The molecule has 16 heavy (non-hydrogen) atoms. The molecule has 0 radical (unpaired) electrons. The van der Waals surface area contributed by atoms with Gasteiger partial charge in [-0.2, -0.15) is 0 Å². The smallest absolute Gasteiger partial charge is 0.0682 e. The number of nitrogens with zero attached hydrogens (tertiary/aromatic N) is 1. The van der Waals surface area contributed by atoms with Crippen molar-refractivity contribution in [2.45, 2.75) is 13.5 Å². The summed E-state index contributed by atoms with van der Waals surface area (Å²) in [6, 6.07) is 7.59. The molecule has 0 aliphatic heterocycles. The van der Waals surface area contributed by atoms with Crippen LogP contribution in [0.3, 0.4) is 0 Å². The molecule has 1 N–H and O–H groups in total. The molecule has 2 rings (SSSR count). The van der Waals surface area contributed by atoms with Gasteiger partial charge in [0.2, 0.25) is 0 Å². The molecule has 0 aliphatic carbocycles. The number of pyridine rings is 1. The van der Waals surface area contributed by atoms with Crippen molar-refractivity contribution >= 4 is 11.6 Å². The van der Waals surface area contributed by atoms with Gasteiger partial charge in [0.1, 0.15) is 0 Å². The van der Waals surface area contributed by atoms with E-state index in [1.54, 1.807) is 18.5 Å². The third kappa shape index (κ3) is 2.40. The Kier molecular flexibility index (Phi) is 3.22. The van der Waals surface area contributed by atoms with E-state index in [0.29, 0.717) is 5.02 Å². The van der Waals surface area contributed by atoms with Gasteiger partial charge in [-0.3, -0.25) is 4.98 Å². The molecular weight excluding hydrogens is 222 g/mol. The van der Waals surface area contributed by atoms with Crippen LogP contribution in [0.25, 0.3) is 11.1 Å². The van der Waals surface area contributed by atoms with E-state index in [4.69, 9.17) is 16.7 Å². The Morgan fingerprint density at radius 2 is 1.94 bits per heavy atom. The SMILES string of the molecule is Cc1cncc(-c2cc(Cl)cc(CO)c2)c1. The quantitative estimate of drug-likeness (QED) is 0.864. The number of halogens is 1. The summed E-state index contributed by atoms with van der Waals surface area (Å²) in [5.74, 6) is 0. The van der Waals surface area contributed by atoms with Crippen molar-refractivity contribution in [3.8, 4) is 11.1 Å². The van der Waals surface area contributed by atoms with Crippen LogP contribution < -0.4 is 0 Å². The zero-order valence-electron chi connectivity index (χ0n) is 8.94. The van der Waals surface area contributed by atoms with Crippen molar-refractivity contribution in [3.05, 3.63) is 52.8 Å². The van der Waals surface area contributed by atoms with Crippen LogP contribution in [0.1, 0.15) is 11.1 Å². The highest BCUT2D eigenvalue weighted by Gasteiger charge is 2.02. The Labute approximate surface area is 99.5 Å². The predicted molar refractivity (Wildman–Crippen MR) is 65.3 cm³/mol. The van der Waals surface area contributed by atoms with E-state index in [0.717, 1.165) is 22.3 Å². The number of aromatic nitrogens is 1. The molecule has 3 heteroatoms. The molecule has 0 saturated carbocycles. The van der Waals surface area contributed by atoms with Crippen molar-refractivity contribution in [3.63, 3.8) is 0 Å². The normalized spacial score (nSPS) is 10.4. The zero-order chi connectivity index (χ0) is 11.5. The first-order valence-electron chi connectivity index (χ1n) is 5.01. The van der Waals surface area contributed by atoms with Gasteiger partial charge in [-0.25, -0.2) is 0 Å². The molecule has 0 saturated heterocycles. The number of aryl methyl sites for hydroxylation is 1. The van der Waals surface area contributed by atoms with Gasteiger partial charge in [0.05, 0.1) is 6.61 Å². The van der Waals surface area contributed by atoms with Gasteiger partial charge < -0.3 is 5.11 Å². The topological polar surface area (TPSA) is 33.1 Å². The van der Waals surface area contributed by atoms with Crippen molar-refractivity contribution in [2.24, 2.45) is 0 Å². The molecule has 82 valence electrons. The lowest BCUT2D eigenvalue weighted by molar-refractivity contribution is 0.282. The Balaban J connectivity index is 2.51. The van der Waals surface area contributed by atoms with E-state index in [-0.39, 0.29) is 6.61 Å². The Morgan fingerprint density at radius 1 is 1.12 bits per heavy atom. The summed E-state index contributed by atoms with van der Waals surface area (Å²) < 4.78 is 0. The monoisotopic (exact) mass is 233 g/mol. The molecule has 2 aromatic rings. The number of aliphatic hydroxyl groups is 1. The fourth-order valence-corrected chi connectivity index (χ4v) is 1.88. The molecule has 0 aliphatic rings. The van der Waals surface area contributed by atoms with Crippen molar-refractivity contribution in [1.82, 2.24) is 4.98 Å². The lowest BCUT2D eigenvalue weighted by Crippen LogP contribution is -1.87. The number of hydrogen-bond acceptors (Lipinski definition) is 2. The molecular formula is C13H12ClNO. The second kappa shape index (κ2) is 4.64. The first-order chi connectivity index (χ1) is 7.69. The third-order valence-corrected chi connectivity index (χ3v) is 2.57. The molecule has 1 aromatic carbocycles. The summed E-state index contributed by atoms with van der Waals surface area (Å²) in [6.07, 6.45) is 3.60. The second-order valence-electron chi connectivity index (χ2n) is 3.76. The Morgan fingerprint density at radius 3 is 2.62 bits per heavy atom. The standard InChI is InChI=1S/C13H12ClNO/c1-9-2-12(7-15-6-9)11-3-10(8-16)4-13(14)5-11/h2-7,16H,8H2,1H3. The van der Waals surface area contributed by atoms with Crippen LogP contribution in [0.2, 0.25) is 5.02 Å². The summed E-state index contributed by atoms with van der Waals surface area (Å²) in [6.45, 7) is 1.99. The molecule has 0 amide bonds. The number of benzene rings is 1. The highest BCUT2D eigenvalue weighted by atomic mass is 35.5. The summed E-state index contributed by atoms with van der Waals surface area (Å²) in [7, 11) is 0. The first kappa shape index (κ1) is 11.1. The average Bonchev–Trinajstić information content (AvgIpc) is 2.28. The lowest BCUT2D eigenvalue weighted by atomic mass is 10.0. The van der Waals surface area contributed by atoms with Crippen LogP contribution >= 0.6 is 11.6 Å². The molecule has 1 aromatic heterocycles. The van der Waals surface area contributed by atoms with Gasteiger partial charge in [-0.05, 0) is 47.9 Å². The fraction of sp³-hybridized carbons (Fsp3) is 0.154. The predicted octanol–water partition coefficient (Wildman–Crippen LogP) is 3.20. The molecule has 2 nitrogen and oxygen atoms in total. The summed E-state index contributed by atoms with van der Waals surface area (Å²) >= 11 is 5.99. The number of rotatable bonds is 2. The number of aliphatic hydroxyl groups excluding tert-OH is 1. The minimum Gasteiger partial charge on any atom is -0.392 e. The van der Waals surface area contributed by atoms with Gasteiger partial charge in [-0.1, -0.05) is 11.6 Å². The van der Waals surface area contributed by atoms with Gasteiger partial charge in [0.15, 0.2) is 0 Å². The largest absolute Gasteiger partial charge is 0.392 e. The molecule has 0 bridgehead atoms. The maximum Gasteiger partial charge on any atom is 0.0682 e. The van der Waals surface area contributed by atoms with E-state index in [1.807, 2.05) is 25.1 Å². The average molecular weight is 234 g/mol. The molecule has 1 heterocycles. The van der Waals surface area contributed by atoms with Crippen LogP contribution in [0, 0.1) is 6.92 Å². The van der Waals surface area contributed by atoms with E-state index in [9.17, 15) is 0 Å². The minimum absolute atomic E-state index is 0.00714. The van der Waals surface area contributed by atoms with E-state index >= 15 is 0 Å². The highest BCUT2D eigenvalue weighted by molar-refractivity contribution is 6.30. The van der Waals surface area contributed by atoms with Crippen molar-refractivity contribution in [1.29, 1.82) is 0 Å². The van der Waals surface area contributed by atoms with Crippen molar-refractivity contribution < 1.29 is 5.11 Å². The zero-order valence-corrected chi connectivity index (χ0v) is 9.70. The van der Waals surface area contributed by atoms with E-state index < -0.39 is 0 Å². The van der Waals surface area contributed by atoms with Crippen molar-refractivity contribution in [2.75, 3.05) is 0 Å². The Bertz CT molecular complexity index is 511. The molecule has 0 spiro atoms. The summed E-state index contributed by atoms with van der Waals surface area (Å²) in [4.78, 5) is 4.14. The van der Waals surface area contributed by atoms with E-state index in [1.165, 1.54) is 0 Å². The van der Waals surface area contributed by atoms with Crippen LogP contribution in [0.5, 0.6) is 0 Å². The lowest BCUT2D eigenvalue weighted by Gasteiger charge is -2.05. The Hall–Kier alpha value is -1.38. The summed E-state index contributed by atoms with van der Waals surface area (Å²) in [5, 5.41) is 9.74. The van der Waals surface area contributed by atoms with Gasteiger partial charge in [0.25, 0.3) is 0 Å². The van der Waals surface area contributed by atoms with E-state index in [2.05, 4.69) is 4.98 Å². The maximum absolute atomic E-state index is 9.11. The second-order valence-corrected chi connectivity index (χ2v) is 4.19. The summed E-state index contributed by atoms with van der Waals surface area (Å²) in [5.41, 5.74) is 3.90. The van der Waals surface area contributed by atoms with Gasteiger partial charge >= 0.3 is 0 Å². The minimum atomic E-state index is -0.00714. The van der Waals surface area contributed by atoms with Crippen LogP contribution in [0.15, 0.2) is 36.7 Å². The van der Waals surface area contributed by atoms with Crippen LogP contribution in [-0.2, 0) is 6.61 Å².